The number of aliphatic hydroxyl groups is 1. The average Bonchev–Trinajstić information content (AvgIpc) is 2.01. The topological polar surface area (TPSA) is 29.5 Å². The van der Waals surface area contributed by atoms with Gasteiger partial charge < -0.3 is 9.84 Å². The average molecular weight is 196 g/mol. The molecule has 0 radical (unpaired) electrons. The number of allylic oxidation sites excluding steroid dienone is 3. The van der Waals surface area contributed by atoms with Crippen LogP contribution in [-0.2, 0) is 4.74 Å². The Kier molecular flexibility index (Phi) is 3.76. The fourth-order valence-electron chi connectivity index (χ4n) is 1.92. The molecule has 0 fully saturated rings. The fourth-order valence-corrected chi connectivity index (χ4v) is 1.92. The largest absolute Gasteiger partial charge is 0.498 e. The van der Waals surface area contributed by atoms with Gasteiger partial charge in [0.2, 0.25) is 0 Å². The van der Waals surface area contributed by atoms with E-state index >= 15 is 0 Å². The summed E-state index contributed by atoms with van der Waals surface area (Å²) in [5.41, 5.74) is 1.44. The van der Waals surface area contributed by atoms with Crippen LogP contribution in [0.1, 0.15) is 33.6 Å². The van der Waals surface area contributed by atoms with Crippen LogP contribution in [0.2, 0.25) is 0 Å². The summed E-state index contributed by atoms with van der Waals surface area (Å²) in [4.78, 5) is 0. The zero-order valence-electron chi connectivity index (χ0n) is 9.34. The number of aliphatic hydroxyl groups excluding tert-OH is 1. The molecule has 0 saturated heterocycles. The Bertz CT molecular complexity index is 249. The maximum atomic E-state index is 8.86. The van der Waals surface area contributed by atoms with Crippen molar-refractivity contribution in [2.75, 3.05) is 13.2 Å². The maximum absolute atomic E-state index is 8.86. The molecule has 0 heterocycles. The Morgan fingerprint density at radius 2 is 2.21 bits per heavy atom. The van der Waals surface area contributed by atoms with E-state index in [9.17, 15) is 0 Å². The van der Waals surface area contributed by atoms with Gasteiger partial charge in [0.05, 0.1) is 19.0 Å². The number of rotatable bonds is 3. The smallest absolute Gasteiger partial charge is 0.0967 e. The normalized spacial score (nSPS) is 23.4. The lowest BCUT2D eigenvalue weighted by molar-refractivity contribution is 0.178. The van der Waals surface area contributed by atoms with Gasteiger partial charge in [0.1, 0.15) is 0 Å². The second-order valence-electron chi connectivity index (χ2n) is 4.52. The predicted molar refractivity (Wildman–Crippen MR) is 57.9 cm³/mol. The lowest BCUT2D eigenvalue weighted by atomic mass is 9.78. The van der Waals surface area contributed by atoms with E-state index in [4.69, 9.17) is 9.84 Å². The van der Waals surface area contributed by atoms with Gasteiger partial charge in [-0.3, -0.25) is 0 Å². The molecule has 0 unspecified atom stereocenters. The van der Waals surface area contributed by atoms with Crippen LogP contribution >= 0.6 is 0 Å². The first kappa shape index (κ1) is 11.3. The highest BCUT2D eigenvalue weighted by atomic mass is 16.5. The van der Waals surface area contributed by atoms with Crippen LogP contribution in [0, 0.1) is 5.41 Å². The minimum atomic E-state index is 0.112. The van der Waals surface area contributed by atoms with Crippen LogP contribution in [0.3, 0.4) is 0 Å². The van der Waals surface area contributed by atoms with Crippen molar-refractivity contribution < 1.29 is 9.84 Å². The van der Waals surface area contributed by atoms with Crippen LogP contribution in [0.25, 0.3) is 0 Å². The van der Waals surface area contributed by atoms with E-state index in [0.29, 0.717) is 6.61 Å². The second-order valence-corrected chi connectivity index (χ2v) is 4.52. The van der Waals surface area contributed by atoms with E-state index in [1.807, 2.05) is 13.0 Å². The Hall–Kier alpha value is -0.760. The standard InChI is InChI=1S/C12H20O2/c1-4-14-11-7-10(5-6-13)8-12(2,3)9-11/h5,7,13H,4,6,8-9H2,1-3H3/b10-5-. The lowest BCUT2D eigenvalue weighted by Gasteiger charge is -2.30. The van der Waals surface area contributed by atoms with Crippen LogP contribution in [0.4, 0.5) is 0 Å². The molecule has 1 rings (SSSR count). The molecule has 1 aliphatic carbocycles. The number of ether oxygens (including phenoxy) is 1. The summed E-state index contributed by atoms with van der Waals surface area (Å²) in [6.07, 6.45) is 5.93. The highest BCUT2D eigenvalue weighted by Gasteiger charge is 2.25. The molecule has 80 valence electrons. The molecular formula is C12H20O2. The Morgan fingerprint density at radius 3 is 2.79 bits per heavy atom. The molecule has 0 aromatic rings. The zero-order valence-corrected chi connectivity index (χ0v) is 9.34. The van der Waals surface area contributed by atoms with Gasteiger partial charge in [-0.2, -0.15) is 0 Å². The van der Waals surface area contributed by atoms with E-state index in [1.165, 1.54) is 5.57 Å². The summed E-state index contributed by atoms with van der Waals surface area (Å²) in [5.74, 6) is 1.04. The van der Waals surface area contributed by atoms with Crippen molar-refractivity contribution in [1.29, 1.82) is 0 Å². The highest BCUT2D eigenvalue weighted by Crippen LogP contribution is 2.38. The Balaban J connectivity index is 2.80. The van der Waals surface area contributed by atoms with Crippen molar-refractivity contribution in [3.8, 4) is 0 Å². The van der Waals surface area contributed by atoms with Gasteiger partial charge in [-0.15, -0.1) is 0 Å². The molecule has 0 aromatic heterocycles. The minimum Gasteiger partial charge on any atom is -0.498 e. The van der Waals surface area contributed by atoms with Gasteiger partial charge in [0.25, 0.3) is 0 Å². The van der Waals surface area contributed by atoms with Gasteiger partial charge in [0, 0.05) is 6.42 Å². The summed E-state index contributed by atoms with van der Waals surface area (Å²) in [5, 5.41) is 8.86. The molecule has 1 N–H and O–H groups in total. The van der Waals surface area contributed by atoms with Crippen molar-refractivity contribution >= 4 is 0 Å². The highest BCUT2D eigenvalue weighted by molar-refractivity contribution is 5.27. The van der Waals surface area contributed by atoms with Crippen LogP contribution in [0.15, 0.2) is 23.5 Å². The number of hydrogen-bond donors (Lipinski definition) is 1. The third-order valence-corrected chi connectivity index (χ3v) is 2.37. The molecule has 0 bridgehead atoms. The quantitative estimate of drug-likeness (QED) is 0.752. The first-order chi connectivity index (χ1) is 6.57. The molecule has 14 heavy (non-hydrogen) atoms. The fraction of sp³-hybridized carbons (Fsp3) is 0.667. The summed E-state index contributed by atoms with van der Waals surface area (Å²) >= 11 is 0. The molecule has 0 spiro atoms. The van der Waals surface area contributed by atoms with Crippen molar-refractivity contribution in [1.82, 2.24) is 0 Å². The van der Waals surface area contributed by atoms with Crippen molar-refractivity contribution in [3.63, 3.8) is 0 Å². The third-order valence-electron chi connectivity index (χ3n) is 2.37. The van der Waals surface area contributed by atoms with Crippen molar-refractivity contribution in [2.24, 2.45) is 5.41 Å². The maximum Gasteiger partial charge on any atom is 0.0967 e. The second kappa shape index (κ2) is 4.65. The van der Waals surface area contributed by atoms with Gasteiger partial charge in [0.15, 0.2) is 0 Å². The minimum absolute atomic E-state index is 0.112. The SMILES string of the molecule is CCOC1=C/C(=C/CO)CC(C)(C)C1. The summed E-state index contributed by atoms with van der Waals surface area (Å²) in [6, 6.07) is 0. The van der Waals surface area contributed by atoms with E-state index in [1.54, 1.807) is 0 Å². The molecule has 0 aliphatic heterocycles. The van der Waals surface area contributed by atoms with Crippen molar-refractivity contribution in [3.05, 3.63) is 23.5 Å². The summed E-state index contributed by atoms with van der Waals surface area (Å²) in [6.45, 7) is 7.28. The van der Waals surface area contributed by atoms with E-state index in [-0.39, 0.29) is 12.0 Å². The molecule has 0 atom stereocenters. The zero-order chi connectivity index (χ0) is 10.6. The molecule has 1 aliphatic rings. The van der Waals surface area contributed by atoms with Crippen LogP contribution < -0.4 is 0 Å². The molecule has 0 amide bonds. The molecule has 2 heteroatoms. The van der Waals surface area contributed by atoms with Gasteiger partial charge >= 0.3 is 0 Å². The van der Waals surface area contributed by atoms with Gasteiger partial charge in [-0.05, 0) is 30.4 Å². The first-order valence-corrected chi connectivity index (χ1v) is 5.20. The van der Waals surface area contributed by atoms with E-state index in [0.717, 1.165) is 18.6 Å². The lowest BCUT2D eigenvalue weighted by Crippen LogP contribution is -2.18. The molecular weight excluding hydrogens is 176 g/mol. The van der Waals surface area contributed by atoms with E-state index in [2.05, 4.69) is 19.9 Å². The van der Waals surface area contributed by atoms with Gasteiger partial charge in [-0.1, -0.05) is 19.9 Å². The summed E-state index contributed by atoms with van der Waals surface area (Å²) in [7, 11) is 0. The van der Waals surface area contributed by atoms with E-state index < -0.39 is 0 Å². The molecule has 0 aromatic carbocycles. The predicted octanol–water partition coefficient (Wildman–Crippen LogP) is 2.65. The Labute approximate surface area is 86.3 Å². The van der Waals surface area contributed by atoms with Crippen LogP contribution in [-0.4, -0.2) is 18.3 Å². The Morgan fingerprint density at radius 1 is 1.50 bits per heavy atom. The first-order valence-electron chi connectivity index (χ1n) is 5.20. The van der Waals surface area contributed by atoms with Gasteiger partial charge in [-0.25, -0.2) is 0 Å². The van der Waals surface area contributed by atoms with Crippen LogP contribution in [0.5, 0.6) is 0 Å². The monoisotopic (exact) mass is 196 g/mol. The summed E-state index contributed by atoms with van der Waals surface area (Å²) < 4.78 is 5.53. The van der Waals surface area contributed by atoms with Crippen molar-refractivity contribution in [2.45, 2.75) is 33.6 Å². The third kappa shape index (κ3) is 3.18. The molecule has 0 saturated carbocycles. The number of hydrogen-bond acceptors (Lipinski definition) is 2. The molecule has 2 nitrogen and oxygen atoms in total.